The summed E-state index contributed by atoms with van der Waals surface area (Å²) in [6.45, 7) is 6.17. The lowest BCUT2D eigenvalue weighted by Crippen LogP contribution is -2.39. The summed E-state index contributed by atoms with van der Waals surface area (Å²) in [5.74, 6) is 2.31. The first kappa shape index (κ1) is 16.2. The molecule has 0 saturated heterocycles. The van der Waals surface area contributed by atoms with Crippen LogP contribution in [0.5, 0.6) is 5.75 Å². The summed E-state index contributed by atoms with van der Waals surface area (Å²) >= 11 is 0. The van der Waals surface area contributed by atoms with Crippen molar-refractivity contribution < 1.29 is 4.74 Å². The molecule has 1 saturated carbocycles. The van der Waals surface area contributed by atoms with E-state index in [2.05, 4.69) is 50.1 Å². The van der Waals surface area contributed by atoms with Gasteiger partial charge in [-0.2, -0.15) is 0 Å². The number of ether oxygens (including phenoxy) is 1. The van der Waals surface area contributed by atoms with Crippen LogP contribution < -0.4 is 15.4 Å². The molecule has 0 aromatic heterocycles. The minimum atomic E-state index is 0.217. The first-order valence-electron chi connectivity index (χ1n) is 8.29. The Labute approximate surface area is 129 Å². The maximum absolute atomic E-state index is 6.23. The summed E-state index contributed by atoms with van der Waals surface area (Å²) in [5, 5.41) is 0. The molecule has 2 atom stereocenters. The van der Waals surface area contributed by atoms with Crippen LogP contribution in [0.25, 0.3) is 0 Å². The van der Waals surface area contributed by atoms with E-state index in [1.54, 1.807) is 0 Å². The highest BCUT2D eigenvalue weighted by atomic mass is 16.5. The number of anilines is 1. The molecular formula is C18H30N2O. The van der Waals surface area contributed by atoms with Gasteiger partial charge >= 0.3 is 0 Å². The summed E-state index contributed by atoms with van der Waals surface area (Å²) in [5.41, 5.74) is 7.43. The lowest BCUT2D eigenvalue weighted by Gasteiger charge is -2.27. The van der Waals surface area contributed by atoms with E-state index in [0.717, 1.165) is 31.2 Å². The molecule has 118 valence electrons. The molecule has 0 spiro atoms. The first-order chi connectivity index (χ1) is 10.1. The maximum Gasteiger partial charge on any atom is 0.119 e. The Morgan fingerprint density at radius 3 is 2.48 bits per heavy atom. The standard InChI is InChI=1S/C18H30N2O/c1-4-14(2)18(19)12-20(3)16-8-10-17(11-9-16)21-13-15-6-5-7-15/h8-11,14-15,18H,4-7,12-13,19H2,1-3H3/t14-,18+/m0/s1. The molecule has 0 radical (unpaired) electrons. The van der Waals surface area contributed by atoms with Crippen LogP contribution in [-0.4, -0.2) is 26.2 Å². The van der Waals surface area contributed by atoms with E-state index in [4.69, 9.17) is 10.5 Å². The highest BCUT2D eigenvalue weighted by molar-refractivity contribution is 5.48. The monoisotopic (exact) mass is 290 g/mol. The van der Waals surface area contributed by atoms with E-state index in [9.17, 15) is 0 Å². The minimum absolute atomic E-state index is 0.217. The van der Waals surface area contributed by atoms with Gasteiger partial charge in [-0.15, -0.1) is 0 Å². The van der Waals surface area contributed by atoms with Crippen molar-refractivity contribution >= 4 is 5.69 Å². The zero-order valence-corrected chi connectivity index (χ0v) is 13.7. The molecule has 0 aliphatic heterocycles. The summed E-state index contributed by atoms with van der Waals surface area (Å²) in [7, 11) is 2.10. The van der Waals surface area contributed by atoms with Gasteiger partial charge in [0.05, 0.1) is 6.61 Å². The Hall–Kier alpha value is -1.22. The van der Waals surface area contributed by atoms with Gasteiger partial charge in [-0.3, -0.25) is 0 Å². The lowest BCUT2D eigenvalue weighted by molar-refractivity contribution is 0.180. The van der Waals surface area contributed by atoms with E-state index in [0.29, 0.717) is 5.92 Å². The molecule has 2 N–H and O–H groups in total. The third kappa shape index (κ3) is 4.63. The molecule has 1 aliphatic rings. The number of rotatable bonds is 8. The molecule has 1 fully saturated rings. The topological polar surface area (TPSA) is 38.5 Å². The molecule has 0 amide bonds. The molecule has 0 heterocycles. The molecule has 1 aromatic rings. The van der Waals surface area contributed by atoms with Crippen LogP contribution in [0.1, 0.15) is 39.5 Å². The molecule has 3 heteroatoms. The van der Waals surface area contributed by atoms with Gasteiger partial charge in [-0.05, 0) is 48.9 Å². The first-order valence-corrected chi connectivity index (χ1v) is 8.29. The number of hydrogen-bond acceptors (Lipinski definition) is 3. The number of benzene rings is 1. The smallest absolute Gasteiger partial charge is 0.119 e. The predicted molar refractivity (Wildman–Crippen MR) is 90.0 cm³/mol. The van der Waals surface area contributed by atoms with Crippen molar-refractivity contribution in [2.45, 2.75) is 45.6 Å². The van der Waals surface area contributed by atoms with Gasteiger partial charge in [0, 0.05) is 25.3 Å². The normalized spacial score (nSPS) is 17.9. The van der Waals surface area contributed by atoms with E-state index in [1.807, 2.05) is 0 Å². The molecule has 21 heavy (non-hydrogen) atoms. The third-order valence-electron chi connectivity index (χ3n) is 4.85. The average molecular weight is 290 g/mol. The van der Waals surface area contributed by atoms with Gasteiger partial charge in [-0.25, -0.2) is 0 Å². The second-order valence-electron chi connectivity index (χ2n) is 6.53. The van der Waals surface area contributed by atoms with Crippen molar-refractivity contribution in [2.24, 2.45) is 17.6 Å². The lowest BCUT2D eigenvalue weighted by atomic mass is 9.86. The second kappa shape index (κ2) is 7.69. The zero-order chi connectivity index (χ0) is 15.2. The number of hydrogen-bond donors (Lipinski definition) is 1. The fraction of sp³-hybridized carbons (Fsp3) is 0.667. The van der Waals surface area contributed by atoms with Crippen LogP contribution in [0.2, 0.25) is 0 Å². The molecule has 1 aromatic carbocycles. The molecule has 0 bridgehead atoms. The van der Waals surface area contributed by atoms with E-state index in [1.165, 1.54) is 24.9 Å². The predicted octanol–water partition coefficient (Wildman–Crippen LogP) is 3.68. The van der Waals surface area contributed by atoms with Crippen LogP contribution in [0.3, 0.4) is 0 Å². The fourth-order valence-electron chi connectivity index (χ4n) is 2.57. The molecule has 0 unspecified atom stereocenters. The average Bonchev–Trinajstić information content (AvgIpc) is 2.45. The quantitative estimate of drug-likeness (QED) is 0.794. The molecule has 3 nitrogen and oxygen atoms in total. The highest BCUT2D eigenvalue weighted by Crippen LogP contribution is 2.27. The minimum Gasteiger partial charge on any atom is -0.493 e. The van der Waals surface area contributed by atoms with Crippen molar-refractivity contribution in [3.8, 4) is 5.75 Å². The van der Waals surface area contributed by atoms with Gasteiger partial charge in [0.2, 0.25) is 0 Å². The highest BCUT2D eigenvalue weighted by Gasteiger charge is 2.18. The number of likely N-dealkylation sites (N-methyl/N-ethyl adjacent to an activating group) is 1. The Morgan fingerprint density at radius 2 is 1.95 bits per heavy atom. The van der Waals surface area contributed by atoms with Crippen molar-refractivity contribution in [3.05, 3.63) is 24.3 Å². The van der Waals surface area contributed by atoms with Gasteiger partial charge < -0.3 is 15.4 Å². The van der Waals surface area contributed by atoms with Crippen LogP contribution in [0, 0.1) is 11.8 Å². The van der Waals surface area contributed by atoms with Crippen molar-refractivity contribution in [1.29, 1.82) is 0 Å². The Bertz CT molecular complexity index is 414. The van der Waals surface area contributed by atoms with Crippen LogP contribution >= 0.6 is 0 Å². The van der Waals surface area contributed by atoms with Gasteiger partial charge in [0.1, 0.15) is 5.75 Å². The second-order valence-corrected chi connectivity index (χ2v) is 6.53. The van der Waals surface area contributed by atoms with Crippen molar-refractivity contribution in [2.75, 3.05) is 25.1 Å². The fourth-order valence-corrected chi connectivity index (χ4v) is 2.57. The third-order valence-corrected chi connectivity index (χ3v) is 4.85. The summed E-state index contributed by atoms with van der Waals surface area (Å²) < 4.78 is 5.84. The van der Waals surface area contributed by atoms with Gasteiger partial charge in [-0.1, -0.05) is 26.7 Å². The van der Waals surface area contributed by atoms with Gasteiger partial charge in [0.25, 0.3) is 0 Å². The van der Waals surface area contributed by atoms with Crippen molar-refractivity contribution in [1.82, 2.24) is 0 Å². The largest absolute Gasteiger partial charge is 0.493 e. The summed E-state index contributed by atoms with van der Waals surface area (Å²) in [6, 6.07) is 8.60. The van der Waals surface area contributed by atoms with Crippen LogP contribution in [0.4, 0.5) is 5.69 Å². The van der Waals surface area contributed by atoms with Crippen LogP contribution in [-0.2, 0) is 0 Å². The Morgan fingerprint density at radius 1 is 1.29 bits per heavy atom. The van der Waals surface area contributed by atoms with E-state index >= 15 is 0 Å². The van der Waals surface area contributed by atoms with Crippen molar-refractivity contribution in [3.63, 3.8) is 0 Å². The Kier molecular flexibility index (Phi) is 5.92. The number of nitrogens with two attached hydrogens (primary N) is 1. The maximum atomic E-state index is 6.23. The van der Waals surface area contributed by atoms with Crippen LogP contribution in [0.15, 0.2) is 24.3 Å². The van der Waals surface area contributed by atoms with Gasteiger partial charge in [0.15, 0.2) is 0 Å². The summed E-state index contributed by atoms with van der Waals surface area (Å²) in [6.07, 6.45) is 5.15. The summed E-state index contributed by atoms with van der Waals surface area (Å²) in [4.78, 5) is 2.23. The zero-order valence-electron chi connectivity index (χ0n) is 13.7. The van der Waals surface area contributed by atoms with E-state index < -0.39 is 0 Å². The molecule has 2 rings (SSSR count). The molecule has 1 aliphatic carbocycles. The Balaban J connectivity index is 1.82. The molecular weight excluding hydrogens is 260 g/mol. The van der Waals surface area contributed by atoms with E-state index in [-0.39, 0.29) is 6.04 Å². The number of nitrogens with zero attached hydrogens (tertiary/aromatic N) is 1. The SMILES string of the molecule is CC[C@H](C)[C@H](N)CN(C)c1ccc(OCC2CCC2)cc1.